The number of benzene rings is 1. The van der Waals surface area contributed by atoms with Crippen LogP contribution in [0.3, 0.4) is 0 Å². The maximum absolute atomic E-state index is 13.2. The predicted octanol–water partition coefficient (Wildman–Crippen LogP) is 1.23. The van der Waals surface area contributed by atoms with Crippen LogP contribution in [0, 0.1) is 5.82 Å². The van der Waals surface area contributed by atoms with Crippen LogP contribution in [0.15, 0.2) is 24.3 Å². The van der Waals surface area contributed by atoms with Gasteiger partial charge < -0.3 is 9.88 Å². The molecule has 8 heteroatoms. The number of hydrogen-bond donors (Lipinski definition) is 1. The number of halogens is 1. The van der Waals surface area contributed by atoms with E-state index >= 15 is 0 Å². The molecule has 1 fully saturated rings. The Kier molecular flexibility index (Phi) is 4.41. The zero-order valence-electron chi connectivity index (χ0n) is 13.3. The topological polar surface area (TPSA) is 59.7 Å². The summed E-state index contributed by atoms with van der Waals surface area (Å²) >= 11 is 0. The van der Waals surface area contributed by atoms with Gasteiger partial charge >= 0.3 is 0 Å². The Hall–Kier alpha value is -1.48. The number of likely N-dealkylation sites (N-methyl/N-ethyl adjacent to an activating group) is 1. The Morgan fingerprint density at radius 3 is 2.61 bits per heavy atom. The molecular weight excluding hydrogens is 319 g/mol. The van der Waals surface area contributed by atoms with Gasteiger partial charge in [-0.2, -0.15) is 17.0 Å². The molecule has 0 atom stereocenters. The molecule has 0 amide bonds. The van der Waals surface area contributed by atoms with Crippen molar-refractivity contribution in [1.29, 1.82) is 0 Å². The van der Waals surface area contributed by atoms with E-state index in [4.69, 9.17) is 0 Å². The smallest absolute Gasteiger partial charge is 0.282 e. The first-order valence-corrected chi connectivity index (χ1v) is 8.93. The van der Waals surface area contributed by atoms with E-state index in [2.05, 4.69) is 9.88 Å². The minimum absolute atomic E-state index is 0.227. The number of nitrogens with one attached hydrogen (secondary N) is 1. The molecule has 126 valence electrons. The van der Waals surface area contributed by atoms with Crippen LogP contribution in [0.1, 0.15) is 5.69 Å². The summed E-state index contributed by atoms with van der Waals surface area (Å²) in [6.45, 7) is 2.70. The van der Waals surface area contributed by atoms with E-state index in [1.165, 1.54) is 20.7 Å². The van der Waals surface area contributed by atoms with Gasteiger partial charge in [-0.25, -0.2) is 4.39 Å². The third-order valence-corrected chi connectivity index (χ3v) is 6.15. The molecule has 1 saturated heterocycles. The molecule has 1 aromatic carbocycles. The van der Waals surface area contributed by atoms with Crippen molar-refractivity contribution in [1.82, 2.24) is 18.5 Å². The highest BCUT2D eigenvalue weighted by Crippen LogP contribution is 2.19. The van der Waals surface area contributed by atoms with Gasteiger partial charge in [0.25, 0.3) is 10.2 Å². The van der Waals surface area contributed by atoms with Crippen molar-refractivity contribution in [3.8, 4) is 0 Å². The fourth-order valence-electron chi connectivity index (χ4n) is 2.79. The number of piperazine rings is 1. The number of aromatic nitrogens is 1. The largest absolute Gasteiger partial charge is 0.357 e. The number of H-pyrrole nitrogens is 1. The van der Waals surface area contributed by atoms with Crippen LogP contribution in [0.4, 0.5) is 4.39 Å². The van der Waals surface area contributed by atoms with Gasteiger partial charge in [0.1, 0.15) is 5.82 Å². The second kappa shape index (κ2) is 6.20. The highest BCUT2D eigenvalue weighted by atomic mass is 32.2. The van der Waals surface area contributed by atoms with Gasteiger partial charge in [-0.3, -0.25) is 0 Å². The number of rotatable bonds is 4. The first-order valence-electron chi connectivity index (χ1n) is 7.53. The van der Waals surface area contributed by atoms with Crippen LogP contribution in [0.25, 0.3) is 10.9 Å². The van der Waals surface area contributed by atoms with E-state index in [-0.39, 0.29) is 12.4 Å². The van der Waals surface area contributed by atoms with Crippen molar-refractivity contribution >= 4 is 21.1 Å². The average molecular weight is 340 g/mol. The lowest BCUT2D eigenvalue weighted by Crippen LogP contribution is -2.51. The SMILES string of the molecule is CN1CCN(S(=O)(=O)N(C)Cc2cc3cc(F)ccc3[nH]2)CC1. The van der Waals surface area contributed by atoms with Gasteiger partial charge in [-0.15, -0.1) is 0 Å². The Morgan fingerprint density at radius 2 is 1.91 bits per heavy atom. The molecule has 0 aliphatic carbocycles. The maximum atomic E-state index is 13.2. The quantitative estimate of drug-likeness (QED) is 0.911. The van der Waals surface area contributed by atoms with E-state index in [9.17, 15) is 12.8 Å². The van der Waals surface area contributed by atoms with E-state index in [1.54, 1.807) is 19.2 Å². The predicted molar refractivity (Wildman–Crippen MR) is 87.7 cm³/mol. The van der Waals surface area contributed by atoms with Crippen LogP contribution in [-0.2, 0) is 16.8 Å². The molecule has 1 aliphatic rings. The van der Waals surface area contributed by atoms with E-state index in [1.807, 2.05) is 7.05 Å². The van der Waals surface area contributed by atoms with Crippen molar-refractivity contribution < 1.29 is 12.8 Å². The summed E-state index contributed by atoms with van der Waals surface area (Å²) in [6.07, 6.45) is 0. The Labute approximate surface area is 135 Å². The van der Waals surface area contributed by atoms with E-state index < -0.39 is 10.2 Å². The molecule has 0 spiro atoms. The van der Waals surface area contributed by atoms with Crippen molar-refractivity contribution in [2.45, 2.75) is 6.54 Å². The molecule has 1 aliphatic heterocycles. The minimum Gasteiger partial charge on any atom is -0.357 e. The van der Waals surface area contributed by atoms with Gasteiger partial charge in [0, 0.05) is 49.8 Å². The first-order chi connectivity index (χ1) is 10.9. The summed E-state index contributed by atoms with van der Waals surface area (Å²) in [5, 5.41) is 0.741. The summed E-state index contributed by atoms with van der Waals surface area (Å²) in [7, 11) is 0.0693. The van der Waals surface area contributed by atoms with Gasteiger partial charge in [0.15, 0.2) is 0 Å². The van der Waals surface area contributed by atoms with Crippen molar-refractivity contribution in [2.75, 3.05) is 40.3 Å². The summed E-state index contributed by atoms with van der Waals surface area (Å²) in [6, 6.07) is 6.26. The molecule has 0 radical (unpaired) electrons. The summed E-state index contributed by atoms with van der Waals surface area (Å²) < 4.78 is 41.3. The van der Waals surface area contributed by atoms with Gasteiger partial charge in [-0.1, -0.05) is 0 Å². The Morgan fingerprint density at radius 1 is 1.22 bits per heavy atom. The summed E-state index contributed by atoms with van der Waals surface area (Å²) in [5.41, 5.74) is 1.54. The highest BCUT2D eigenvalue weighted by Gasteiger charge is 2.29. The summed E-state index contributed by atoms with van der Waals surface area (Å²) in [5.74, 6) is -0.304. The minimum atomic E-state index is -3.48. The zero-order valence-corrected chi connectivity index (χ0v) is 14.1. The highest BCUT2D eigenvalue weighted by molar-refractivity contribution is 7.86. The number of nitrogens with zero attached hydrogens (tertiary/aromatic N) is 3. The third kappa shape index (κ3) is 3.40. The van der Waals surface area contributed by atoms with E-state index in [0.29, 0.717) is 13.1 Å². The first kappa shape index (κ1) is 16.4. The molecule has 2 heterocycles. The van der Waals surface area contributed by atoms with Gasteiger partial charge in [0.2, 0.25) is 0 Å². The lowest BCUT2D eigenvalue weighted by molar-refractivity contribution is 0.213. The lowest BCUT2D eigenvalue weighted by atomic mass is 10.2. The number of hydrogen-bond acceptors (Lipinski definition) is 3. The van der Waals surface area contributed by atoms with Crippen LogP contribution in [0.5, 0.6) is 0 Å². The number of aromatic amines is 1. The van der Waals surface area contributed by atoms with Gasteiger partial charge in [-0.05, 0) is 31.3 Å². The normalized spacial score (nSPS) is 18.1. The second-order valence-electron chi connectivity index (χ2n) is 5.99. The van der Waals surface area contributed by atoms with Crippen molar-refractivity contribution in [2.24, 2.45) is 0 Å². The van der Waals surface area contributed by atoms with Crippen LogP contribution < -0.4 is 0 Å². The van der Waals surface area contributed by atoms with Gasteiger partial charge in [0.05, 0.1) is 6.54 Å². The molecule has 6 nitrogen and oxygen atoms in total. The fraction of sp³-hybridized carbons (Fsp3) is 0.467. The molecule has 0 unspecified atom stereocenters. The molecular formula is C15H21FN4O2S. The maximum Gasteiger partial charge on any atom is 0.282 e. The molecule has 0 saturated carbocycles. The molecule has 23 heavy (non-hydrogen) atoms. The molecule has 3 rings (SSSR count). The molecule has 1 aromatic heterocycles. The van der Waals surface area contributed by atoms with Crippen LogP contribution in [0.2, 0.25) is 0 Å². The van der Waals surface area contributed by atoms with Crippen molar-refractivity contribution in [3.63, 3.8) is 0 Å². The Bertz CT molecular complexity index is 797. The summed E-state index contributed by atoms with van der Waals surface area (Å²) in [4.78, 5) is 5.25. The van der Waals surface area contributed by atoms with E-state index in [0.717, 1.165) is 29.7 Å². The molecule has 0 bridgehead atoms. The second-order valence-corrected chi connectivity index (χ2v) is 8.03. The fourth-order valence-corrected chi connectivity index (χ4v) is 4.11. The average Bonchev–Trinajstić information content (AvgIpc) is 2.89. The van der Waals surface area contributed by atoms with Crippen LogP contribution >= 0.6 is 0 Å². The molecule has 2 aromatic rings. The Balaban J connectivity index is 1.75. The monoisotopic (exact) mass is 340 g/mol. The van der Waals surface area contributed by atoms with Crippen molar-refractivity contribution in [3.05, 3.63) is 35.8 Å². The third-order valence-electron chi connectivity index (χ3n) is 4.21. The lowest BCUT2D eigenvalue weighted by Gasteiger charge is -2.33. The standard InChI is InChI=1S/C15H21FN4O2S/c1-18-5-7-20(8-6-18)23(21,22)19(2)11-14-10-12-9-13(16)3-4-15(12)17-14/h3-4,9-10,17H,5-8,11H2,1-2H3. The molecule has 1 N–H and O–H groups in total. The number of fused-ring (bicyclic) bond motifs is 1. The van der Waals surface area contributed by atoms with Crippen LogP contribution in [-0.4, -0.2) is 67.2 Å². The zero-order chi connectivity index (χ0) is 16.6.